The molecule has 2 heterocycles. The van der Waals surface area contributed by atoms with Crippen LogP contribution in [-0.4, -0.2) is 30.1 Å². The van der Waals surface area contributed by atoms with Gasteiger partial charge in [-0.1, -0.05) is 6.92 Å². The zero-order valence-corrected chi connectivity index (χ0v) is 15.7. The Morgan fingerprint density at radius 3 is 2.54 bits per heavy atom. The third-order valence-corrected chi connectivity index (χ3v) is 4.62. The van der Waals surface area contributed by atoms with Crippen molar-refractivity contribution in [3.05, 3.63) is 48.3 Å². The lowest BCUT2D eigenvalue weighted by Gasteiger charge is -2.32. The number of ether oxygens (including phenoxy) is 1. The highest BCUT2D eigenvalue weighted by Crippen LogP contribution is 2.23. The number of piperidine rings is 1. The third-order valence-electron chi connectivity index (χ3n) is 4.62. The number of amides is 1. The number of nitrogens with one attached hydrogen (secondary N) is 1. The summed E-state index contributed by atoms with van der Waals surface area (Å²) in [5.41, 5.74) is 2.33. The molecule has 1 aromatic heterocycles. The van der Waals surface area contributed by atoms with Gasteiger partial charge in [-0.15, -0.1) is 0 Å². The molecule has 26 heavy (non-hydrogen) atoms. The van der Waals surface area contributed by atoms with Gasteiger partial charge in [-0.05, 0) is 62.9 Å². The monoisotopic (exact) mass is 353 g/mol. The summed E-state index contributed by atoms with van der Waals surface area (Å²) in [5, 5.41) is 2.92. The normalized spacial score (nSPS) is 15.2. The second-order valence-electron chi connectivity index (χ2n) is 7.25. The molecule has 5 nitrogen and oxygen atoms in total. The van der Waals surface area contributed by atoms with Crippen molar-refractivity contribution in [1.82, 2.24) is 4.98 Å². The van der Waals surface area contributed by atoms with Crippen LogP contribution in [0.2, 0.25) is 0 Å². The first-order valence-electron chi connectivity index (χ1n) is 9.29. The van der Waals surface area contributed by atoms with E-state index in [-0.39, 0.29) is 12.0 Å². The van der Waals surface area contributed by atoms with Crippen LogP contribution in [0.5, 0.6) is 5.75 Å². The molecule has 1 aromatic carbocycles. The highest BCUT2D eigenvalue weighted by molar-refractivity contribution is 6.04. The van der Waals surface area contributed by atoms with Crippen molar-refractivity contribution >= 4 is 17.3 Å². The van der Waals surface area contributed by atoms with Gasteiger partial charge >= 0.3 is 0 Å². The van der Waals surface area contributed by atoms with Crippen molar-refractivity contribution in [1.29, 1.82) is 0 Å². The molecule has 138 valence electrons. The van der Waals surface area contributed by atoms with Gasteiger partial charge in [0.1, 0.15) is 5.75 Å². The fourth-order valence-electron chi connectivity index (χ4n) is 3.08. The van der Waals surface area contributed by atoms with E-state index in [1.165, 1.54) is 12.8 Å². The van der Waals surface area contributed by atoms with Gasteiger partial charge in [0.25, 0.3) is 5.91 Å². The van der Waals surface area contributed by atoms with E-state index in [9.17, 15) is 4.79 Å². The van der Waals surface area contributed by atoms with Crippen LogP contribution in [-0.2, 0) is 0 Å². The highest BCUT2D eigenvalue weighted by Gasteiger charge is 2.17. The van der Waals surface area contributed by atoms with Crippen LogP contribution in [0.4, 0.5) is 11.4 Å². The third kappa shape index (κ3) is 4.75. The maximum atomic E-state index is 12.6. The summed E-state index contributed by atoms with van der Waals surface area (Å²) in [4.78, 5) is 19.1. The first kappa shape index (κ1) is 18.2. The van der Waals surface area contributed by atoms with E-state index in [0.717, 1.165) is 36.1 Å². The number of carbonyl (C=O) groups is 1. The van der Waals surface area contributed by atoms with Gasteiger partial charge in [0.05, 0.1) is 23.6 Å². The van der Waals surface area contributed by atoms with E-state index < -0.39 is 0 Å². The Morgan fingerprint density at radius 1 is 1.19 bits per heavy atom. The number of anilines is 2. The molecule has 3 rings (SSSR count). The maximum absolute atomic E-state index is 12.6. The Labute approximate surface area is 155 Å². The van der Waals surface area contributed by atoms with Gasteiger partial charge in [-0.2, -0.15) is 0 Å². The smallest absolute Gasteiger partial charge is 0.257 e. The largest absolute Gasteiger partial charge is 0.491 e. The molecular formula is C21H27N3O2. The van der Waals surface area contributed by atoms with Crippen LogP contribution in [0.3, 0.4) is 0 Å². The lowest BCUT2D eigenvalue weighted by atomic mass is 9.99. The fourth-order valence-corrected chi connectivity index (χ4v) is 3.08. The number of benzene rings is 1. The van der Waals surface area contributed by atoms with Crippen LogP contribution in [0.15, 0.2) is 42.7 Å². The quantitative estimate of drug-likeness (QED) is 0.868. The second-order valence-corrected chi connectivity index (χ2v) is 7.25. The highest BCUT2D eigenvalue weighted by atomic mass is 16.5. The topological polar surface area (TPSA) is 54.5 Å². The molecule has 1 aliphatic rings. The Hall–Kier alpha value is -2.56. The summed E-state index contributed by atoms with van der Waals surface area (Å²) < 4.78 is 5.62. The Morgan fingerprint density at radius 2 is 1.88 bits per heavy atom. The van der Waals surface area contributed by atoms with Gasteiger partial charge in [0.2, 0.25) is 0 Å². The second kappa shape index (κ2) is 8.21. The van der Waals surface area contributed by atoms with Gasteiger partial charge in [-0.25, -0.2) is 0 Å². The molecule has 5 heteroatoms. The van der Waals surface area contributed by atoms with Crippen molar-refractivity contribution in [2.75, 3.05) is 23.3 Å². The maximum Gasteiger partial charge on any atom is 0.257 e. The number of nitrogens with zero attached hydrogens (tertiary/aromatic N) is 2. The van der Waals surface area contributed by atoms with E-state index in [1.54, 1.807) is 6.20 Å². The molecule has 0 spiro atoms. The van der Waals surface area contributed by atoms with Crippen LogP contribution in [0.25, 0.3) is 0 Å². The van der Waals surface area contributed by atoms with Crippen LogP contribution < -0.4 is 15.0 Å². The number of pyridine rings is 1. The van der Waals surface area contributed by atoms with Gasteiger partial charge in [0.15, 0.2) is 0 Å². The summed E-state index contributed by atoms with van der Waals surface area (Å²) in [6.07, 6.45) is 5.94. The van der Waals surface area contributed by atoms with Crippen molar-refractivity contribution in [3.8, 4) is 5.75 Å². The molecule has 1 amide bonds. The average molecular weight is 353 g/mol. The van der Waals surface area contributed by atoms with Crippen LogP contribution >= 0.6 is 0 Å². The molecule has 0 atom stereocenters. The zero-order chi connectivity index (χ0) is 18.5. The summed E-state index contributed by atoms with van der Waals surface area (Å²) in [7, 11) is 0. The lowest BCUT2D eigenvalue weighted by Crippen LogP contribution is -2.33. The van der Waals surface area contributed by atoms with Gasteiger partial charge in [0, 0.05) is 25.0 Å². The molecule has 1 aliphatic heterocycles. The van der Waals surface area contributed by atoms with Crippen molar-refractivity contribution in [2.45, 2.75) is 39.7 Å². The number of carbonyl (C=O) groups excluding carboxylic acids is 1. The summed E-state index contributed by atoms with van der Waals surface area (Å²) in [6.45, 7) is 8.30. The zero-order valence-electron chi connectivity index (χ0n) is 15.7. The number of hydrogen-bond acceptors (Lipinski definition) is 4. The minimum absolute atomic E-state index is 0.127. The number of hydrogen-bond donors (Lipinski definition) is 1. The average Bonchev–Trinajstić information content (AvgIpc) is 2.63. The van der Waals surface area contributed by atoms with E-state index in [0.29, 0.717) is 5.56 Å². The predicted octanol–water partition coefficient (Wildman–Crippen LogP) is 4.36. The molecule has 1 fully saturated rings. The Kier molecular flexibility index (Phi) is 5.76. The summed E-state index contributed by atoms with van der Waals surface area (Å²) in [5.74, 6) is 1.41. The number of aromatic nitrogens is 1. The van der Waals surface area contributed by atoms with E-state index in [4.69, 9.17) is 4.74 Å². The van der Waals surface area contributed by atoms with Crippen molar-refractivity contribution < 1.29 is 9.53 Å². The molecule has 0 radical (unpaired) electrons. The van der Waals surface area contributed by atoms with Crippen LogP contribution in [0.1, 0.15) is 44.0 Å². The number of rotatable bonds is 5. The first-order chi connectivity index (χ1) is 12.5. The Balaban J connectivity index is 1.65. The van der Waals surface area contributed by atoms with Crippen LogP contribution in [0, 0.1) is 5.92 Å². The molecule has 2 aromatic rings. The molecule has 0 aliphatic carbocycles. The summed E-state index contributed by atoms with van der Waals surface area (Å²) in [6, 6.07) is 9.34. The van der Waals surface area contributed by atoms with Gasteiger partial charge in [-0.3, -0.25) is 9.78 Å². The molecule has 1 N–H and O–H groups in total. The minimum Gasteiger partial charge on any atom is -0.491 e. The molecule has 0 saturated carbocycles. The fraction of sp³-hybridized carbons (Fsp3) is 0.429. The minimum atomic E-state index is -0.151. The molecule has 1 saturated heterocycles. The van der Waals surface area contributed by atoms with Crippen molar-refractivity contribution in [3.63, 3.8) is 0 Å². The SMILES string of the molecule is CC1CCN(c2cncc(C(=O)Nc3ccc(OC(C)C)cc3)c2)CC1. The molecular weight excluding hydrogens is 326 g/mol. The van der Waals surface area contributed by atoms with E-state index in [1.807, 2.05) is 50.4 Å². The van der Waals surface area contributed by atoms with Gasteiger partial charge < -0.3 is 15.0 Å². The molecule has 0 unspecified atom stereocenters. The van der Waals surface area contributed by atoms with E-state index >= 15 is 0 Å². The summed E-state index contributed by atoms with van der Waals surface area (Å²) >= 11 is 0. The van der Waals surface area contributed by atoms with Crippen molar-refractivity contribution in [2.24, 2.45) is 5.92 Å². The lowest BCUT2D eigenvalue weighted by molar-refractivity contribution is 0.102. The molecule has 0 bridgehead atoms. The Bertz CT molecular complexity index is 735. The predicted molar refractivity (Wildman–Crippen MR) is 105 cm³/mol. The first-order valence-corrected chi connectivity index (χ1v) is 9.29. The standard InChI is InChI=1S/C21H27N3O2/c1-15(2)26-20-6-4-18(5-7-20)23-21(25)17-12-19(14-22-13-17)24-10-8-16(3)9-11-24/h4-7,12-16H,8-11H2,1-3H3,(H,23,25). The van der Waals surface area contributed by atoms with E-state index in [2.05, 4.69) is 22.1 Å².